The van der Waals surface area contributed by atoms with Gasteiger partial charge in [0, 0.05) is 48.3 Å². The number of amides is 1. The van der Waals surface area contributed by atoms with Crippen molar-refractivity contribution >= 4 is 45.6 Å². The zero-order valence-corrected chi connectivity index (χ0v) is 17.3. The number of anilines is 1. The van der Waals surface area contributed by atoms with Crippen molar-refractivity contribution in [3.8, 4) is 11.4 Å². The van der Waals surface area contributed by atoms with Gasteiger partial charge in [-0.1, -0.05) is 17.7 Å². The molecule has 1 N–H and O–H groups in total. The number of rotatable bonds is 4. The largest absolute Gasteiger partial charge is 0.338 e. The minimum absolute atomic E-state index is 0.656. The highest BCUT2D eigenvalue weighted by Gasteiger charge is 2.23. The molecule has 1 saturated heterocycles. The highest BCUT2D eigenvalue weighted by Crippen LogP contribution is 2.32. The van der Waals surface area contributed by atoms with Gasteiger partial charge in [0.15, 0.2) is 0 Å². The summed E-state index contributed by atoms with van der Waals surface area (Å²) < 4.78 is 0. The molecule has 1 amide bonds. The van der Waals surface area contributed by atoms with Crippen molar-refractivity contribution in [1.29, 1.82) is 0 Å². The fourth-order valence-corrected chi connectivity index (χ4v) is 4.06. The third-order valence-electron chi connectivity index (χ3n) is 5.53. The van der Waals surface area contributed by atoms with Gasteiger partial charge >= 0.3 is 0 Å². The Morgan fingerprint density at radius 2 is 1.97 bits per heavy atom. The Bertz CT molecular complexity index is 1230. The van der Waals surface area contributed by atoms with E-state index in [4.69, 9.17) is 16.6 Å². The minimum Gasteiger partial charge on any atom is -0.338 e. The first-order chi connectivity index (χ1) is 14.6. The van der Waals surface area contributed by atoms with Gasteiger partial charge < -0.3 is 9.88 Å². The van der Waals surface area contributed by atoms with Crippen LogP contribution < -0.4 is 5.01 Å². The first-order valence-corrected chi connectivity index (χ1v) is 10.2. The number of nitrogens with one attached hydrogen (secondary N) is 1. The Kier molecular flexibility index (Phi) is 4.86. The van der Waals surface area contributed by atoms with Crippen molar-refractivity contribution in [2.24, 2.45) is 0 Å². The molecule has 4 aromatic rings. The lowest BCUT2D eigenvalue weighted by Gasteiger charge is -2.38. The Labute approximate surface area is 178 Å². The van der Waals surface area contributed by atoms with E-state index in [9.17, 15) is 4.79 Å². The molecular formula is C22H21ClN6O. The van der Waals surface area contributed by atoms with Crippen LogP contribution in [0.15, 0.2) is 48.7 Å². The average Bonchev–Trinajstić information content (AvgIpc) is 3.18. The number of aromatic nitrogens is 3. The van der Waals surface area contributed by atoms with Crippen LogP contribution in [0.1, 0.15) is 0 Å². The lowest BCUT2D eigenvalue weighted by Crippen LogP contribution is -2.52. The number of H-pyrrole nitrogens is 1. The molecule has 2 aromatic heterocycles. The fraction of sp³-hybridized carbons (Fsp3) is 0.227. The number of benzene rings is 2. The fourth-order valence-electron chi connectivity index (χ4n) is 3.89. The highest BCUT2D eigenvalue weighted by atomic mass is 35.5. The second kappa shape index (κ2) is 7.68. The SMILES string of the molecule is CN1CCN(N(C=O)c2cc(-c3nc4ccc(Cl)cc4[nH]3)cc3cccnc23)CC1. The van der Waals surface area contributed by atoms with Gasteiger partial charge in [-0.3, -0.25) is 9.78 Å². The number of pyridine rings is 1. The molecule has 0 radical (unpaired) electrons. The second-order valence-electron chi connectivity index (χ2n) is 7.52. The number of hydrogen-bond acceptors (Lipinski definition) is 5. The number of fused-ring (bicyclic) bond motifs is 2. The number of carbonyl (C=O) groups excluding carboxylic acids is 1. The van der Waals surface area contributed by atoms with Gasteiger partial charge in [0.2, 0.25) is 6.41 Å². The van der Waals surface area contributed by atoms with Crippen LogP contribution in [0.5, 0.6) is 0 Å². The number of piperazine rings is 1. The molecule has 0 unspecified atom stereocenters. The first-order valence-electron chi connectivity index (χ1n) is 9.85. The molecule has 3 heterocycles. The van der Waals surface area contributed by atoms with Gasteiger partial charge in [0.25, 0.3) is 0 Å². The van der Waals surface area contributed by atoms with Gasteiger partial charge in [-0.2, -0.15) is 0 Å². The van der Waals surface area contributed by atoms with Crippen molar-refractivity contribution in [2.45, 2.75) is 0 Å². The predicted octanol–water partition coefficient (Wildman–Crippen LogP) is 3.56. The smallest absolute Gasteiger partial charge is 0.228 e. The number of hydrogen-bond donors (Lipinski definition) is 1. The van der Waals surface area contributed by atoms with E-state index in [-0.39, 0.29) is 0 Å². The van der Waals surface area contributed by atoms with Crippen molar-refractivity contribution in [3.63, 3.8) is 0 Å². The van der Waals surface area contributed by atoms with E-state index in [0.29, 0.717) is 5.02 Å². The van der Waals surface area contributed by atoms with E-state index in [2.05, 4.69) is 26.9 Å². The van der Waals surface area contributed by atoms with E-state index >= 15 is 0 Å². The summed E-state index contributed by atoms with van der Waals surface area (Å²) in [6.07, 6.45) is 2.62. The maximum absolute atomic E-state index is 12.2. The Balaban J connectivity index is 1.64. The highest BCUT2D eigenvalue weighted by molar-refractivity contribution is 6.31. The third kappa shape index (κ3) is 3.41. The van der Waals surface area contributed by atoms with Crippen LogP contribution in [-0.2, 0) is 4.79 Å². The molecule has 1 fully saturated rings. The lowest BCUT2D eigenvalue weighted by molar-refractivity contribution is -0.110. The molecule has 1 aliphatic heterocycles. The van der Waals surface area contributed by atoms with Gasteiger partial charge in [0.05, 0.1) is 22.2 Å². The maximum Gasteiger partial charge on any atom is 0.228 e. The average molecular weight is 421 g/mol. The first kappa shape index (κ1) is 19.0. The summed E-state index contributed by atoms with van der Waals surface area (Å²) in [5.41, 5.74) is 4.14. The molecule has 0 atom stereocenters. The molecule has 1 aliphatic rings. The van der Waals surface area contributed by atoms with E-state index < -0.39 is 0 Å². The Morgan fingerprint density at radius 3 is 2.77 bits per heavy atom. The Morgan fingerprint density at radius 1 is 1.13 bits per heavy atom. The van der Waals surface area contributed by atoms with E-state index in [0.717, 1.165) is 71.6 Å². The summed E-state index contributed by atoms with van der Waals surface area (Å²) in [7, 11) is 2.09. The molecule has 7 nitrogen and oxygen atoms in total. The van der Waals surface area contributed by atoms with Crippen molar-refractivity contribution in [2.75, 3.05) is 38.2 Å². The number of halogens is 1. The monoisotopic (exact) mass is 420 g/mol. The van der Waals surface area contributed by atoms with Crippen LogP contribution in [-0.4, -0.2) is 64.5 Å². The summed E-state index contributed by atoms with van der Waals surface area (Å²) in [6.45, 7) is 3.35. The van der Waals surface area contributed by atoms with Crippen LogP contribution in [0.4, 0.5) is 5.69 Å². The molecular weight excluding hydrogens is 400 g/mol. The van der Waals surface area contributed by atoms with Crippen LogP contribution in [0.2, 0.25) is 5.02 Å². The quantitative estimate of drug-likeness (QED) is 0.511. The Hall–Kier alpha value is -3.00. The molecule has 2 aromatic carbocycles. The number of likely N-dealkylation sites (N-methyl/N-ethyl adjacent to an activating group) is 1. The normalized spacial score (nSPS) is 15.7. The number of imidazole rings is 1. The summed E-state index contributed by atoms with van der Waals surface area (Å²) >= 11 is 6.12. The van der Waals surface area contributed by atoms with Crippen LogP contribution in [0.3, 0.4) is 0 Å². The summed E-state index contributed by atoms with van der Waals surface area (Å²) in [5, 5.41) is 5.36. The molecule has 8 heteroatoms. The van der Waals surface area contributed by atoms with Crippen molar-refractivity contribution in [3.05, 3.63) is 53.7 Å². The number of hydrazine groups is 1. The van der Waals surface area contributed by atoms with E-state index in [1.165, 1.54) is 0 Å². The van der Waals surface area contributed by atoms with Crippen LogP contribution >= 0.6 is 11.6 Å². The molecule has 0 saturated carbocycles. The van der Waals surface area contributed by atoms with Crippen molar-refractivity contribution < 1.29 is 4.79 Å². The molecule has 0 aliphatic carbocycles. The molecule has 5 rings (SSSR count). The van der Waals surface area contributed by atoms with Crippen LogP contribution in [0, 0.1) is 0 Å². The number of carbonyl (C=O) groups is 1. The van der Waals surface area contributed by atoms with Crippen LogP contribution in [0.25, 0.3) is 33.3 Å². The van der Waals surface area contributed by atoms with Crippen molar-refractivity contribution in [1.82, 2.24) is 24.9 Å². The number of aromatic amines is 1. The van der Waals surface area contributed by atoms with Gasteiger partial charge in [-0.05, 0) is 43.4 Å². The van der Waals surface area contributed by atoms with Gasteiger partial charge in [-0.15, -0.1) is 0 Å². The molecule has 0 spiro atoms. The summed E-state index contributed by atoms with van der Waals surface area (Å²) in [6, 6.07) is 13.5. The molecule has 152 valence electrons. The van der Waals surface area contributed by atoms with E-state index in [1.54, 1.807) is 11.2 Å². The zero-order chi connectivity index (χ0) is 20.7. The standard InChI is InChI=1S/C22H21ClN6O/c1-27-7-9-28(10-8-27)29(14-30)20-12-16(11-15-3-2-6-24-21(15)20)22-25-18-5-4-17(23)13-19(18)26-22/h2-6,11-14H,7-10H2,1H3,(H,25,26). The third-order valence-corrected chi connectivity index (χ3v) is 5.77. The van der Waals surface area contributed by atoms with Gasteiger partial charge in [0.1, 0.15) is 5.82 Å². The maximum atomic E-state index is 12.2. The minimum atomic E-state index is 0.656. The molecule has 30 heavy (non-hydrogen) atoms. The van der Waals surface area contributed by atoms with E-state index in [1.807, 2.05) is 42.5 Å². The zero-order valence-electron chi connectivity index (χ0n) is 16.5. The summed E-state index contributed by atoms with van der Waals surface area (Å²) in [4.78, 5) is 27.0. The lowest BCUT2D eigenvalue weighted by atomic mass is 10.1. The second-order valence-corrected chi connectivity index (χ2v) is 7.96. The van der Waals surface area contributed by atoms with Gasteiger partial charge in [-0.25, -0.2) is 15.0 Å². The number of nitrogens with zero attached hydrogens (tertiary/aromatic N) is 5. The predicted molar refractivity (Wildman–Crippen MR) is 119 cm³/mol. The summed E-state index contributed by atoms with van der Waals surface area (Å²) in [5.74, 6) is 0.725. The topological polar surface area (TPSA) is 68.4 Å². The molecule has 0 bridgehead atoms.